The van der Waals surface area contributed by atoms with Crippen LogP contribution in [-0.4, -0.2) is 36.3 Å². The Morgan fingerprint density at radius 1 is 1.33 bits per heavy atom. The molecule has 0 unspecified atom stereocenters. The van der Waals surface area contributed by atoms with Crippen LogP contribution < -0.4 is 10.2 Å². The second-order valence-corrected chi connectivity index (χ2v) is 4.57. The van der Waals surface area contributed by atoms with Crippen molar-refractivity contribution in [3.8, 4) is 6.07 Å². The maximum Gasteiger partial charge on any atom is 0.152 e. The molecule has 7 nitrogen and oxygen atoms in total. The van der Waals surface area contributed by atoms with Crippen LogP contribution in [0, 0.1) is 11.3 Å². The van der Waals surface area contributed by atoms with Crippen LogP contribution in [0.15, 0.2) is 29.1 Å². The molecule has 2 aromatic heterocycles. The average Bonchev–Trinajstić information content (AvgIpc) is 3.06. The molecular formula is C14H15N5O2. The molecule has 108 valence electrons. The SMILES string of the molecule is N#Cc1c(NCc2ccco2)ncnc1N1CCOCC1. The molecule has 0 saturated carbocycles. The van der Waals surface area contributed by atoms with Gasteiger partial charge in [0.1, 0.15) is 29.5 Å². The van der Waals surface area contributed by atoms with Gasteiger partial charge >= 0.3 is 0 Å². The van der Waals surface area contributed by atoms with Gasteiger partial charge in [-0.1, -0.05) is 0 Å². The van der Waals surface area contributed by atoms with Gasteiger partial charge in [0.25, 0.3) is 0 Å². The van der Waals surface area contributed by atoms with E-state index in [1.54, 1.807) is 6.26 Å². The molecule has 1 N–H and O–H groups in total. The lowest BCUT2D eigenvalue weighted by Gasteiger charge is -2.28. The van der Waals surface area contributed by atoms with Gasteiger partial charge in [-0.05, 0) is 12.1 Å². The van der Waals surface area contributed by atoms with Crippen molar-refractivity contribution in [3.63, 3.8) is 0 Å². The number of nitrogens with zero attached hydrogens (tertiary/aromatic N) is 4. The van der Waals surface area contributed by atoms with E-state index in [-0.39, 0.29) is 0 Å². The lowest BCUT2D eigenvalue weighted by Crippen LogP contribution is -2.37. The summed E-state index contributed by atoms with van der Waals surface area (Å²) in [5, 5.41) is 12.6. The van der Waals surface area contributed by atoms with Gasteiger partial charge in [0.15, 0.2) is 5.82 Å². The zero-order chi connectivity index (χ0) is 14.5. The molecule has 3 heterocycles. The number of aromatic nitrogens is 2. The number of morpholine rings is 1. The maximum atomic E-state index is 9.44. The minimum atomic E-state index is 0.450. The van der Waals surface area contributed by atoms with E-state index in [2.05, 4.69) is 21.4 Å². The first-order valence-electron chi connectivity index (χ1n) is 6.72. The lowest BCUT2D eigenvalue weighted by molar-refractivity contribution is 0.122. The Morgan fingerprint density at radius 3 is 2.90 bits per heavy atom. The topological polar surface area (TPSA) is 87.2 Å². The Labute approximate surface area is 122 Å². The zero-order valence-corrected chi connectivity index (χ0v) is 11.5. The molecule has 0 bridgehead atoms. The van der Waals surface area contributed by atoms with E-state index in [9.17, 15) is 5.26 Å². The van der Waals surface area contributed by atoms with E-state index < -0.39 is 0 Å². The molecule has 7 heteroatoms. The highest BCUT2D eigenvalue weighted by Crippen LogP contribution is 2.23. The van der Waals surface area contributed by atoms with Gasteiger partial charge in [0.2, 0.25) is 0 Å². The van der Waals surface area contributed by atoms with E-state index >= 15 is 0 Å². The zero-order valence-electron chi connectivity index (χ0n) is 11.5. The van der Waals surface area contributed by atoms with E-state index in [0.29, 0.717) is 37.0 Å². The number of furan rings is 1. The van der Waals surface area contributed by atoms with Crippen LogP contribution in [0.25, 0.3) is 0 Å². The summed E-state index contributed by atoms with van der Waals surface area (Å²) >= 11 is 0. The maximum absolute atomic E-state index is 9.44. The smallest absolute Gasteiger partial charge is 0.152 e. The minimum absolute atomic E-state index is 0.450. The Balaban J connectivity index is 1.81. The molecular weight excluding hydrogens is 270 g/mol. The highest BCUT2D eigenvalue weighted by atomic mass is 16.5. The Morgan fingerprint density at radius 2 is 2.19 bits per heavy atom. The van der Waals surface area contributed by atoms with Crippen LogP contribution in [0.3, 0.4) is 0 Å². The van der Waals surface area contributed by atoms with Crippen molar-refractivity contribution in [2.24, 2.45) is 0 Å². The second kappa shape index (κ2) is 6.24. The van der Waals surface area contributed by atoms with Crippen molar-refractivity contribution in [1.82, 2.24) is 9.97 Å². The summed E-state index contributed by atoms with van der Waals surface area (Å²) in [5.74, 6) is 1.95. The molecule has 0 aliphatic carbocycles. The molecule has 0 amide bonds. The van der Waals surface area contributed by atoms with Crippen molar-refractivity contribution in [3.05, 3.63) is 36.0 Å². The third kappa shape index (κ3) is 2.95. The summed E-state index contributed by atoms with van der Waals surface area (Å²) in [6, 6.07) is 5.88. The number of anilines is 2. The summed E-state index contributed by atoms with van der Waals surface area (Å²) < 4.78 is 10.6. The molecule has 1 fully saturated rings. The predicted octanol–water partition coefficient (Wildman–Crippen LogP) is 1.39. The van der Waals surface area contributed by atoms with Crippen molar-refractivity contribution < 1.29 is 9.15 Å². The van der Waals surface area contributed by atoms with Gasteiger partial charge in [-0.25, -0.2) is 9.97 Å². The molecule has 21 heavy (non-hydrogen) atoms. The third-order valence-corrected chi connectivity index (χ3v) is 3.26. The fourth-order valence-corrected chi connectivity index (χ4v) is 2.21. The first-order chi connectivity index (χ1) is 10.4. The molecule has 0 spiro atoms. The van der Waals surface area contributed by atoms with E-state index in [1.807, 2.05) is 17.0 Å². The molecule has 2 aromatic rings. The summed E-state index contributed by atoms with van der Waals surface area (Å²) in [7, 11) is 0. The number of nitrogens with one attached hydrogen (secondary N) is 1. The van der Waals surface area contributed by atoms with Crippen molar-refractivity contribution in [2.45, 2.75) is 6.54 Å². The van der Waals surface area contributed by atoms with Crippen molar-refractivity contribution in [2.75, 3.05) is 36.5 Å². The fraction of sp³-hybridized carbons (Fsp3) is 0.357. The number of hydrogen-bond donors (Lipinski definition) is 1. The fourth-order valence-electron chi connectivity index (χ4n) is 2.21. The standard InChI is InChI=1S/C14H15N5O2/c15-8-12-13(16-9-11-2-1-5-21-11)17-10-18-14(12)19-3-6-20-7-4-19/h1-2,5,10H,3-4,6-7,9H2,(H,16,17,18). The molecule has 1 saturated heterocycles. The predicted molar refractivity (Wildman–Crippen MR) is 75.8 cm³/mol. The van der Waals surface area contributed by atoms with E-state index in [1.165, 1.54) is 6.33 Å². The Bertz CT molecular complexity index is 629. The van der Waals surface area contributed by atoms with E-state index in [0.717, 1.165) is 18.8 Å². The second-order valence-electron chi connectivity index (χ2n) is 4.57. The van der Waals surface area contributed by atoms with Crippen LogP contribution in [0.1, 0.15) is 11.3 Å². The van der Waals surface area contributed by atoms with Gasteiger partial charge in [-0.2, -0.15) is 5.26 Å². The molecule has 1 aliphatic heterocycles. The van der Waals surface area contributed by atoms with Crippen LogP contribution in [0.4, 0.5) is 11.6 Å². The van der Waals surface area contributed by atoms with Gasteiger partial charge in [0.05, 0.1) is 26.0 Å². The number of nitriles is 1. The number of ether oxygens (including phenoxy) is 1. The summed E-state index contributed by atoms with van der Waals surface area (Å²) in [6.45, 7) is 3.21. The molecule has 3 rings (SSSR count). The quantitative estimate of drug-likeness (QED) is 0.908. The van der Waals surface area contributed by atoms with Crippen molar-refractivity contribution >= 4 is 11.6 Å². The summed E-state index contributed by atoms with van der Waals surface area (Å²) in [4.78, 5) is 10.5. The van der Waals surface area contributed by atoms with Crippen LogP contribution in [0.2, 0.25) is 0 Å². The number of rotatable bonds is 4. The first-order valence-corrected chi connectivity index (χ1v) is 6.72. The normalized spacial score (nSPS) is 14.7. The number of hydrogen-bond acceptors (Lipinski definition) is 7. The lowest BCUT2D eigenvalue weighted by atomic mass is 10.2. The molecule has 0 atom stereocenters. The highest BCUT2D eigenvalue weighted by Gasteiger charge is 2.19. The van der Waals surface area contributed by atoms with Crippen LogP contribution in [0.5, 0.6) is 0 Å². The molecule has 0 aromatic carbocycles. The highest BCUT2D eigenvalue weighted by molar-refractivity contribution is 5.65. The van der Waals surface area contributed by atoms with Gasteiger partial charge < -0.3 is 19.4 Å². The van der Waals surface area contributed by atoms with Gasteiger partial charge in [-0.3, -0.25) is 0 Å². The Hall–Kier alpha value is -2.59. The van der Waals surface area contributed by atoms with E-state index in [4.69, 9.17) is 9.15 Å². The van der Waals surface area contributed by atoms with Crippen LogP contribution >= 0.6 is 0 Å². The summed E-state index contributed by atoms with van der Waals surface area (Å²) in [5.41, 5.74) is 0.450. The third-order valence-electron chi connectivity index (χ3n) is 3.26. The average molecular weight is 285 g/mol. The van der Waals surface area contributed by atoms with Gasteiger partial charge in [0, 0.05) is 13.1 Å². The van der Waals surface area contributed by atoms with Gasteiger partial charge in [-0.15, -0.1) is 0 Å². The van der Waals surface area contributed by atoms with Crippen LogP contribution in [-0.2, 0) is 11.3 Å². The largest absolute Gasteiger partial charge is 0.467 e. The first kappa shape index (κ1) is 13.4. The Kier molecular flexibility index (Phi) is 3.98. The van der Waals surface area contributed by atoms with Crippen molar-refractivity contribution in [1.29, 1.82) is 5.26 Å². The minimum Gasteiger partial charge on any atom is -0.467 e. The monoisotopic (exact) mass is 285 g/mol. The molecule has 1 aliphatic rings. The summed E-state index contributed by atoms with van der Waals surface area (Å²) in [6.07, 6.45) is 3.08. The molecule has 0 radical (unpaired) electrons.